The van der Waals surface area contributed by atoms with E-state index in [1.54, 1.807) is 6.92 Å². The van der Waals surface area contributed by atoms with Crippen LogP contribution in [-0.4, -0.2) is 35.5 Å². The lowest BCUT2D eigenvalue weighted by Gasteiger charge is -2.57. The molecule has 4 aliphatic rings. The maximum atomic E-state index is 16.9. The number of benzene rings is 6. The SMILES string of the molecule is CCCCCCC(F)(F)C(F)(F)C(F)(F)[PH2+]C(F)(F)C(F)(F)F.FC1=C(F)C([B-](C2C(F)=C(F)c3c2cc(F)c(F)c3F)(C2C(F)=C(F)c3c2cc(F)c(F)c3F)C2C(F)=C(F)c3c2cc(F)c(F)c3F)c2cc(F)c(F)c(F)c21.Fc1ccccc1-c1c(F)c(F)c(F)c(F)c1F. The van der Waals surface area contributed by atoms with Crippen LogP contribution in [0.3, 0.4) is 0 Å². The normalized spacial score (nSPS) is 18.6. The van der Waals surface area contributed by atoms with Crippen LogP contribution in [-0.2, 0) is 0 Å². The van der Waals surface area contributed by atoms with Crippen molar-refractivity contribution in [3.63, 3.8) is 0 Å². The van der Waals surface area contributed by atoms with Gasteiger partial charge in [-0.2, -0.15) is 48.3 Å². The average molecular weight is 1480 g/mol. The zero-order valence-electron chi connectivity index (χ0n) is 47.1. The molecule has 0 N–H and O–H groups in total. The Morgan fingerprint density at radius 1 is 0.327 bits per heavy atom. The summed E-state index contributed by atoms with van der Waals surface area (Å²) in [5.74, 6) is -91.2. The molecule has 4 aliphatic carbocycles. The first-order valence-electron chi connectivity index (χ1n) is 26.9. The minimum Gasteiger partial charge on any atom is -0.212 e. The summed E-state index contributed by atoms with van der Waals surface area (Å²) in [4.78, 5) is 0. The molecule has 0 nitrogen and oxygen atoms in total. The fourth-order valence-electron chi connectivity index (χ4n) is 12.4. The summed E-state index contributed by atoms with van der Waals surface area (Å²) in [6, 6.07) is 2.72. The van der Waals surface area contributed by atoms with Gasteiger partial charge in [0, 0.05) is 12.0 Å². The second-order valence-corrected chi connectivity index (χ2v) is 23.7. The smallest absolute Gasteiger partial charge is 0.212 e. The van der Waals surface area contributed by atoms with Gasteiger partial charge in [-0.25, -0.2) is 114 Å². The molecule has 0 saturated heterocycles. The average Bonchev–Trinajstić information content (AvgIpc) is 1.48. The molecule has 5 unspecified atom stereocenters. The van der Waals surface area contributed by atoms with Crippen LogP contribution in [0.2, 0.25) is 0 Å². The summed E-state index contributed by atoms with van der Waals surface area (Å²) in [6.45, 7) is 1.66. The van der Waals surface area contributed by atoms with Crippen LogP contribution in [0, 0.1) is 105 Å². The van der Waals surface area contributed by atoms with Gasteiger partial charge in [-0.05, 0) is 36.8 Å². The van der Waals surface area contributed by atoms with Gasteiger partial charge >= 0.3 is 29.3 Å². The van der Waals surface area contributed by atoms with E-state index in [1.807, 2.05) is 0 Å². The fourth-order valence-corrected chi connectivity index (χ4v) is 13.4. The van der Waals surface area contributed by atoms with Gasteiger partial charge in [0.1, 0.15) is 29.1 Å². The highest BCUT2D eigenvalue weighted by Crippen LogP contribution is 2.72. The van der Waals surface area contributed by atoms with Gasteiger partial charge in [-0.15, -0.1) is 0 Å². The maximum absolute atomic E-state index is 16.9. The molecular formula is C59H27BF37P. The monoisotopic (exact) mass is 1480 g/mol. The molecule has 0 fully saturated rings. The van der Waals surface area contributed by atoms with Crippen molar-refractivity contribution in [2.45, 2.75) is 91.6 Å². The Labute approximate surface area is 523 Å². The van der Waals surface area contributed by atoms with E-state index >= 15 is 70.2 Å². The van der Waals surface area contributed by atoms with Crippen molar-refractivity contribution in [2.24, 2.45) is 0 Å². The van der Waals surface area contributed by atoms with Crippen LogP contribution in [0.25, 0.3) is 34.4 Å². The highest BCUT2D eigenvalue weighted by molar-refractivity contribution is 7.41. The molecule has 6 aromatic rings. The largest absolute Gasteiger partial charge is 0.493 e. The lowest BCUT2D eigenvalue weighted by Crippen LogP contribution is -2.58. The molecule has 0 radical (unpaired) electrons. The maximum Gasteiger partial charge on any atom is 0.493 e. The summed E-state index contributed by atoms with van der Waals surface area (Å²) in [5, 5.41) is 0. The lowest BCUT2D eigenvalue weighted by molar-refractivity contribution is -0.286. The molecule has 530 valence electrons. The van der Waals surface area contributed by atoms with E-state index in [4.69, 9.17) is 0 Å². The summed E-state index contributed by atoms with van der Waals surface area (Å²) < 4.78 is 530. The first kappa shape index (κ1) is 75.9. The number of hydrogen-bond donors (Lipinski definition) is 0. The minimum absolute atomic E-state index is 0.0132. The number of rotatable bonds is 14. The molecule has 0 saturated carbocycles. The molecule has 0 aliphatic heterocycles. The van der Waals surface area contributed by atoms with Crippen molar-refractivity contribution < 1.29 is 162 Å². The van der Waals surface area contributed by atoms with Crippen LogP contribution < -0.4 is 0 Å². The molecule has 10 rings (SSSR count). The number of allylic oxidation sites excluding steroid dienone is 4. The first-order valence-corrected chi connectivity index (χ1v) is 28.1. The Bertz CT molecular complexity index is 4010. The van der Waals surface area contributed by atoms with Crippen molar-refractivity contribution >= 4 is 38.0 Å². The van der Waals surface area contributed by atoms with Crippen molar-refractivity contribution in [2.75, 3.05) is 0 Å². The molecule has 0 amide bonds. The van der Waals surface area contributed by atoms with Crippen LogP contribution in [0.4, 0.5) is 162 Å². The summed E-state index contributed by atoms with van der Waals surface area (Å²) in [6.07, 6.45) is -13.7. The van der Waals surface area contributed by atoms with Crippen molar-refractivity contribution in [1.82, 2.24) is 0 Å². The number of fused-ring (bicyclic) bond motifs is 4. The van der Waals surface area contributed by atoms with E-state index in [1.165, 1.54) is 12.1 Å². The van der Waals surface area contributed by atoms with Crippen molar-refractivity contribution in [1.29, 1.82) is 0 Å². The molecule has 0 aromatic heterocycles. The highest BCUT2D eigenvalue weighted by atomic mass is 31.1. The molecule has 0 heterocycles. The summed E-state index contributed by atoms with van der Waals surface area (Å²) in [7, 11) is -4.66. The lowest BCUT2D eigenvalue weighted by atomic mass is 9.02. The van der Waals surface area contributed by atoms with Gasteiger partial charge in [0.15, 0.2) is 125 Å². The van der Waals surface area contributed by atoms with Crippen LogP contribution in [0.1, 0.15) is 107 Å². The number of halogens is 37. The first-order chi connectivity index (χ1) is 45.1. The van der Waals surface area contributed by atoms with Gasteiger partial charge < -0.3 is 0 Å². The van der Waals surface area contributed by atoms with E-state index in [-0.39, 0.29) is 30.7 Å². The Kier molecular flexibility index (Phi) is 20.4. The number of alkyl halides is 11. The summed E-state index contributed by atoms with van der Waals surface area (Å²) in [5.41, 5.74) is -29.7. The third-order valence-electron chi connectivity index (χ3n) is 16.5. The van der Waals surface area contributed by atoms with Gasteiger partial charge in [0.2, 0.25) is 5.82 Å². The van der Waals surface area contributed by atoms with Crippen molar-refractivity contribution in [3.05, 3.63) is 221 Å². The van der Waals surface area contributed by atoms with Gasteiger partial charge in [0.05, 0.1) is 34.0 Å². The molecule has 98 heavy (non-hydrogen) atoms. The van der Waals surface area contributed by atoms with E-state index in [9.17, 15) is 92.2 Å². The molecule has 39 heteroatoms. The molecule has 5 atom stereocenters. The minimum atomic E-state index is -6.52. The predicted molar refractivity (Wildman–Crippen MR) is 274 cm³/mol. The third kappa shape index (κ3) is 11.7. The zero-order chi connectivity index (χ0) is 74.0. The Balaban J connectivity index is 0.000000244. The second-order valence-electron chi connectivity index (χ2n) is 21.9. The van der Waals surface area contributed by atoms with E-state index in [2.05, 4.69) is 0 Å². The van der Waals surface area contributed by atoms with Gasteiger partial charge in [0.25, 0.3) is 0 Å². The fraction of sp³-hybridized carbons (Fsp3) is 0.254. The van der Waals surface area contributed by atoms with E-state index in [0.29, 0.717) is 12.8 Å². The van der Waals surface area contributed by atoms with Crippen LogP contribution in [0.15, 0.2) is 71.8 Å². The molecule has 0 bridgehead atoms. The Morgan fingerprint density at radius 2 is 0.612 bits per heavy atom. The molecule has 6 aromatic carbocycles. The summed E-state index contributed by atoms with van der Waals surface area (Å²) >= 11 is 0. The van der Waals surface area contributed by atoms with E-state index < -0.39 is 287 Å². The highest BCUT2D eigenvalue weighted by Gasteiger charge is 2.80. The van der Waals surface area contributed by atoms with Gasteiger partial charge in [-0.3, -0.25) is 0 Å². The Hall–Kier alpha value is -7.82. The van der Waals surface area contributed by atoms with Crippen LogP contribution >= 0.6 is 8.58 Å². The third-order valence-corrected chi connectivity index (χ3v) is 18.0. The molecule has 0 spiro atoms. The quantitative estimate of drug-likeness (QED) is 0.0255. The zero-order valence-corrected chi connectivity index (χ0v) is 48.3. The second kappa shape index (κ2) is 26.4. The standard InChI is InChI=1S/C36H8BF20.C12H4F6.C11H14F11P/c38-9-1-5-13(25(46)21(9)42)29(50)33(54)17(5)37(18-6-2-10(39)22(43)26(47)14(6)30(51)34(18)55,19-7-3-11(40)23(44)27(48)15(7)31(52)35(19)56)20-8-4-12(41)24(45)28(49)16(8)32(53)36(20)57;13-6-4-2-1-3-5(6)7-8(14)10(16)12(18)11(17)9(7)15;1-2-3-4-5-6-7(12,13)8(14,15)10(19,20)23-11(21,22)9(16,17)18/h1-4,17-20H;1-4H;23H,2-6H2,1H3/q-1;;/p+1. The van der Waals surface area contributed by atoms with Gasteiger partial charge in [-0.1, -0.05) is 89.9 Å². The predicted octanol–water partition coefficient (Wildman–Crippen LogP) is 23.5. The number of unbranched alkanes of at least 4 members (excludes halogenated alkanes) is 3. The van der Waals surface area contributed by atoms with E-state index in [0.717, 1.165) is 12.1 Å². The topological polar surface area (TPSA) is 0 Å². The van der Waals surface area contributed by atoms with Crippen molar-refractivity contribution in [3.8, 4) is 11.1 Å². The Morgan fingerprint density at radius 3 is 0.898 bits per heavy atom. The number of hydrogen-bond acceptors (Lipinski definition) is 0. The molecular weight excluding hydrogens is 1450 g/mol. The van der Waals surface area contributed by atoms with Crippen LogP contribution in [0.5, 0.6) is 0 Å².